The van der Waals surface area contributed by atoms with Gasteiger partial charge in [0.2, 0.25) is 0 Å². The molecular formula is C18H23ClN2O. The van der Waals surface area contributed by atoms with E-state index in [4.69, 9.17) is 10.5 Å². The third kappa shape index (κ3) is 4.23. The lowest BCUT2D eigenvalue weighted by Crippen LogP contribution is -2.42. The third-order valence-electron chi connectivity index (χ3n) is 3.86. The zero-order valence-corrected chi connectivity index (χ0v) is 13.6. The molecule has 2 N–H and O–H groups in total. The van der Waals surface area contributed by atoms with E-state index < -0.39 is 0 Å². The van der Waals surface area contributed by atoms with Crippen LogP contribution in [0.15, 0.2) is 54.6 Å². The molecule has 0 aliphatic carbocycles. The van der Waals surface area contributed by atoms with Gasteiger partial charge in [0.05, 0.1) is 12.2 Å². The van der Waals surface area contributed by atoms with Crippen molar-refractivity contribution in [1.29, 1.82) is 0 Å². The molecule has 4 heteroatoms. The molecule has 3 nitrogen and oxygen atoms in total. The zero-order chi connectivity index (χ0) is 14.7. The Balaban J connectivity index is 0.00000176. The van der Waals surface area contributed by atoms with Crippen molar-refractivity contribution in [3.8, 4) is 0 Å². The summed E-state index contributed by atoms with van der Waals surface area (Å²) in [7, 11) is 0. The normalized spacial score (nSPS) is 22.0. The second-order valence-electron chi connectivity index (χ2n) is 5.79. The first-order chi connectivity index (χ1) is 10.2. The van der Waals surface area contributed by atoms with Gasteiger partial charge >= 0.3 is 0 Å². The molecule has 2 atom stereocenters. The lowest BCUT2D eigenvalue weighted by atomic mass is 10.1. The van der Waals surface area contributed by atoms with Crippen molar-refractivity contribution < 1.29 is 4.74 Å². The van der Waals surface area contributed by atoms with Gasteiger partial charge < -0.3 is 10.5 Å². The molecule has 2 aromatic carbocycles. The van der Waals surface area contributed by atoms with E-state index in [1.54, 1.807) is 0 Å². The number of nitrogens with zero attached hydrogens (tertiary/aromatic N) is 1. The van der Waals surface area contributed by atoms with Crippen LogP contribution < -0.4 is 5.73 Å². The number of rotatable bonds is 3. The van der Waals surface area contributed by atoms with Crippen LogP contribution in [0.4, 0.5) is 5.69 Å². The molecule has 22 heavy (non-hydrogen) atoms. The molecule has 0 radical (unpaired) electrons. The molecule has 2 aromatic rings. The smallest absolute Gasteiger partial charge is 0.0956 e. The van der Waals surface area contributed by atoms with Gasteiger partial charge in [-0.1, -0.05) is 42.5 Å². The summed E-state index contributed by atoms with van der Waals surface area (Å²) >= 11 is 0. The highest BCUT2D eigenvalue weighted by Gasteiger charge is 2.26. The van der Waals surface area contributed by atoms with Crippen LogP contribution in [0.25, 0.3) is 0 Å². The van der Waals surface area contributed by atoms with Gasteiger partial charge in [0, 0.05) is 25.3 Å². The van der Waals surface area contributed by atoms with Gasteiger partial charge in [0.1, 0.15) is 0 Å². The van der Waals surface area contributed by atoms with Gasteiger partial charge in [-0.05, 0) is 30.2 Å². The minimum Gasteiger partial charge on any atom is -0.399 e. The lowest BCUT2D eigenvalue weighted by Gasteiger charge is -2.37. The van der Waals surface area contributed by atoms with E-state index in [1.807, 2.05) is 18.2 Å². The molecule has 0 spiro atoms. The predicted molar refractivity (Wildman–Crippen MR) is 93.1 cm³/mol. The Morgan fingerprint density at radius 1 is 1.09 bits per heavy atom. The maximum atomic E-state index is 6.10. The second kappa shape index (κ2) is 7.63. The van der Waals surface area contributed by atoms with Crippen LogP contribution in [0.1, 0.15) is 24.2 Å². The maximum Gasteiger partial charge on any atom is 0.0956 e. The summed E-state index contributed by atoms with van der Waals surface area (Å²) in [6, 6.07) is 18.6. The van der Waals surface area contributed by atoms with Crippen LogP contribution >= 0.6 is 12.4 Å². The first-order valence-corrected chi connectivity index (χ1v) is 7.48. The Morgan fingerprint density at radius 3 is 2.59 bits per heavy atom. The quantitative estimate of drug-likeness (QED) is 0.878. The van der Waals surface area contributed by atoms with Gasteiger partial charge in [-0.15, -0.1) is 12.4 Å². The van der Waals surface area contributed by atoms with Crippen LogP contribution in [-0.2, 0) is 11.3 Å². The Kier molecular flexibility index (Phi) is 5.83. The second-order valence-corrected chi connectivity index (χ2v) is 5.79. The summed E-state index contributed by atoms with van der Waals surface area (Å²) in [5, 5.41) is 0. The van der Waals surface area contributed by atoms with Gasteiger partial charge in [-0.3, -0.25) is 4.90 Å². The molecule has 1 aliphatic rings. The molecule has 1 heterocycles. The van der Waals surface area contributed by atoms with E-state index in [1.165, 1.54) is 11.1 Å². The Bertz CT molecular complexity index is 591. The molecule has 2 unspecified atom stereocenters. The van der Waals surface area contributed by atoms with Crippen molar-refractivity contribution in [3.05, 3.63) is 65.7 Å². The Labute approximate surface area is 138 Å². The fraction of sp³-hybridized carbons (Fsp3) is 0.333. The summed E-state index contributed by atoms with van der Waals surface area (Å²) in [6.45, 7) is 4.94. The molecule has 1 saturated heterocycles. The van der Waals surface area contributed by atoms with Gasteiger partial charge in [0.25, 0.3) is 0 Å². The highest BCUT2D eigenvalue weighted by atomic mass is 35.5. The molecule has 0 amide bonds. The van der Waals surface area contributed by atoms with Crippen LogP contribution in [0.3, 0.4) is 0 Å². The standard InChI is InChI=1S/C18H22N2O.ClH/c1-14-11-20(12-15-6-5-9-17(19)10-15)13-18(21-14)16-7-3-2-4-8-16;/h2-10,14,18H,11-13,19H2,1H3;1H. The monoisotopic (exact) mass is 318 g/mol. The van der Waals surface area contributed by atoms with E-state index in [0.29, 0.717) is 0 Å². The summed E-state index contributed by atoms with van der Waals surface area (Å²) in [5.41, 5.74) is 9.21. The highest BCUT2D eigenvalue weighted by molar-refractivity contribution is 5.85. The summed E-state index contributed by atoms with van der Waals surface area (Å²) in [6.07, 6.45) is 0.390. The number of nitrogens with two attached hydrogens (primary N) is 1. The number of halogens is 1. The van der Waals surface area contributed by atoms with Crippen molar-refractivity contribution >= 4 is 18.1 Å². The molecule has 0 aromatic heterocycles. The number of nitrogen functional groups attached to an aromatic ring is 1. The number of ether oxygens (including phenoxy) is 1. The van der Waals surface area contributed by atoms with Crippen molar-refractivity contribution in [2.45, 2.75) is 25.7 Å². The summed E-state index contributed by atoms with van der Waals surface area (Å²) in [5.74, 6) is 0. The third-order valence-corrected chi connectivity index (χ3v) is 3.86. The number of hydrogen-bond donors (Lipinski definition) is 1. The van der Waals surface area contributed by atoms with Crippen molar-refractivity contribution in [2.24, 2.45) is 0 Å². The van der Waals surface area contributed by atoms with Crippen LogP contribution in [0, 0.1) is 0 Å². The molecule has 1 aliphatic heterocycles. The van der Waals surface area contributed by atoms with Crippen molar-refractivity contribution in [2.75, 3.05) is 18.8 Å². The molecular weight excluding hydrogens is 296 g/mol. The Hall–Kier alpha value is -1.55. The molecule has 3 rings (SSSR count). The van der Waals surface area contributed by atoms with E-state index in [2.05, 4.69) is 48.2 Å². The fourth-order valence-corrected chi connectivity index (χ4v) is 2.97. The van der Waals surface area contributed by atoms with E-state index in [0.717, 1.165) is 25.3 Å². The van der Waals surface area contributed by atoms with Crippen molar-refractivity contribution in [1.82, 2.24) is 4.90 Å². The predicted octanol–water partition coefficient (Wildman–Crippen LogP) is 3.65. The van der Waals surface area contributed by atoms with Gasteiger partial charge in [0.15, 0.2) is 0 Å². The first kappa shape index (κ1) is 16.8. The highest BCUT2D eigenvalue weighted by Crippen LogP contribution is 2.26. The molecule has 0 bridgehead atoms. The largest absolute Gasteiger partial charge is 0.399 e. The lowest BCUT2D eigenvalue weighted by molar-refractivity contribution is -0.0814. The van der Waals surface area contributed by atoms with Crippen LogP contribution in [-0.4, -0.2) is 24.1 Å². The maximum absolute atomic E-state index is 6.10. The topological polar surface area (TPSA) is 38.5 Å². The first-order valence-electron chi connectivity index (χ1n) is 7.48. The van der Waals surface area contributed by atoms with Gasteiger partial charge in [-0.25, -0.2) is 0 Å². The number of hydrogen-bond acceptors (Lipinski definition) is 3. The molecule has 0 saturated carbocycles. The molecule has 118 valence electrons. The number of morpholine rings is 1. The van der Waals surface area contributed by atoms with E-state index >= 15 is 0 Å². The van der Waals surface area contributed by atoms with E-state index in [-0.39, 0.29) is 24.6 Å². The SMILES string of the molecule is CC1CN(Cc2cccc(N)c2)CC(c2ccccc2)O1.Cl. The van der Waals surface area contributed by atoms with Gasteiger partial charge in [-0.2, -0.15) is 0 Å². The minimum atomic E-state index is 0. The van der Waals surface area contributed by atoms with E-state index in [9.17, 15) is 0 Å². The van der Waals surface area contributed by atoms with Crippen molar-refractivity contribution in [3.63, 3.8) is 0 Å². The summed E-state index contributed by atoms with van der Waals surface area (Å²) < 4.78 is 6.10. The van der Waals surface area contributed by atoms with Crippen LogP contribution in [0.2, 0.25) is 0 Å². The molecule has 1 fully saturated rings. The van der Waals surface area contributed by atoms with Crippen LogP contribution in [0.5, 0.6) is 0 Å². The average Bonchev–Trinajstić information content (AvgIpc) is 2.47. The summed E-state index contributed by atoms with van der Waals surface area (Å²) in [4.78, 5) is 2.45. The zero-order valence-electron chi connectivity index (χ0n) is 12.8. The number of anilines is 1. The fourth-order valence-electron chi connectivity index (χ4n) is 2.97. The Morgan fingerprint density at radius 2 is 1.86 bits per heavy atom. The minimum absolute atomic E-state index is 0. The average molecular weight is 319 g/mol. The number of benzene rings is 2.